The molecule has 84 valence electrons. The fourth-order valence-corrected chi connectivity index (χ4v) is 2.45. The van der Waals surface area contributed by atoms with Gasteiger partial charge in [0.1, 0.15) is 0 Å². The molecule has 3 nitrogen and oxygen atoms in total. The van der Waals surface area contributed by atoms with E-state index in [-0.39, 0.29) is 9.42 Å². The first kappa shape index (κ1) is 12.1. The molecular weight excluding hydrogens is 217 g/mol. The summed E-state index contributed by atoms with van der Waals surface area (Å²) in [5, 5.41) is 0. The number of nitrogens with zero attached hydrogens (tertiary/aromatic N) is 1. The lowest BCUT2D eigenvalue weighted by Crippen LogP contribution is -2.39. The highest BCUT2D eigenvalue weighted by atomic mass is 32.2. The molecule has 0 heterocycles. The van der Waals surface area contributed by atoms with Crippen LogP contribution in [0.15, 0.2) is 35.2 Å². The van der Waals surface area contributed by atoms with Crippen molar-refractivity contribution in [3.8, 4) is 0 Å². The molecule has 0 aromatic heterocycles. The van der Waals surface area contributed by atoms with Crippen LogP contribution in [0.2, 0.25) is 0 Å². The zero-order valence-corrected chi connectivity index (χ0v) is 9.75. The van der Waals surface area contributed by atoms with Gasteiger partial charge in [0.05, 0.1) is 10.4 Å². The van der Waals surface area contributed by atoms with Crippen molar-refractivity contribution in [3.05, 3.63) is 30.3 Å². The molecule has 5 heteroatoms. The second-order valence-corrected chi connectivity index (χ2v) is 5.95. The van der Waals surface area contributed by atoms with Gasteiger partial charge in [0.25, 0.3) is 10.0 Å². The van der Waals surface area contributed by atoms with Crippen LogP contribution in [0.4, 0.5) is 4.48 Å². The Morgan fingerprint density at radius 3 is 2.00 bits per heavy atom. The molecule has 0 aliphatic carbocycles. The van der Waals surface area contributed by atoms with Gasteiger partial charge in [0.2, 0.25) is 0 Å². The average Bonchev–Trinajstić information content (AvgIpc) is 2.16. The summed E-state index contributed by atoms with van der Waals surface area (Å²) in [6.07, 6.45) is 0. The number of sulfonamides is 1. The Morgan fingerprint density at radius 1 is 1.13 bits per heavy atom. The van der Waals surface area contributed by atoms with E-state index < -0.39 is 15.6 Å². The molecule has 0 spiro atoms. The van der Waals surface area contributed by atoms with E-state index in [1.165, 1.54) is 32.9 Å². The van der Waals surface area contributed by atoms with E-state index in [0.29, 0.717) is 0 Å². The molecule has 15 heavy (non-hydrogen) atoms. The predicted molar refractivity (Wildman–Crippen MR) is 56.3 cm³/mol. The van der Waals surface area contributed by atoms with Crippen LogP contribution >= 0.6 is 0 Å². The fraction of sp³-hybridized carbons (Fsp3) is 0.400. The third kappa shape index (κ3) is 2.54. The maximum absolute atomic E-state index is 13.6. The molecule has 0 aliphatic rings. The van der Waals surface area contributed by atoms with E-state index in [9.17, 15) is 12.9 Å². The summed E-state index contributed by atoms with van der Waals surface area (Å²) >= 11 is 0. The minimum atomic E-state index is -4.03. The Labute approximate surface area is 89.5 Å². The monoisotopic (exact) mass is 231 g/mol. The summed E-state index contributed by atoms with van der Waals surface area (Å²) in [5.41, 5.74) is -1.07. The summed E-state index contributed by atoms with van der Waals surface area (Å²) in [5.74, 6) is 0. The highest BCUT2D eigenvalue weighted by Crippen LogP contribution is 2.24. The van der Waals surface area contributed by atoms with E-state index in [2.05, 4.69) is 0 Å². The van der Waals surface area contributed by atoms with Crippen LogP contribution < -0.4 is 0 Å². The van der Waals surface area contributed by atoms with Crippen LogP contribution in [0.1, 0.15) is 20.8 Å². The van der Waals surface area contributed by atoms with Gasteiger partial charge in [0.15, 0.2) is 0 Å². The van der Waals surface area contributed by atoms with E-state index in [1.54, 1.807) is 18.2 Å². The third-order valence-corrected chi connectivity index (χ3v) is 3.62. The Balaban J connectivity index is 3.16. The van der Waals surface area contributed by atoms with Gasteiger partial charge < -0.3 is 0 Å². The molecule has 0 saturated carbocycles. The lowest BCUT2D eigenvalue weighted by atomic mass is 10.1. The van der Waals surface area contributed by atoms with Crippen LogP contribution in [0, 0.1) is 0 Å². The molecule has 0 atom stereocenters. The van der Waals surface area contributed by atoms with Crippen LogP contribution in [0.5, 0.6) is 0 Å². The fourth-order valence-electron chi connectivity index (χ4n) is 1.05. The number of benzene rings is 1. The summed E-state index contributed by atoms with van der Waals surface area (Å²) < 4.78 is 37.0. The lowest BCUT2D eigenvalue weighted by molar-refractivity contribution is 0.0418. The van der Waals surface area contributed by atoms with Crippen molar-refractivity contribution in [2.45, 2.75) is 31.2 Å². The van der Waals surface area contributed by atoms with Gasteiger partial charge in [0, 0.05) is 0 Å². The number of hydrogen-bond acceptors (Lipinski definition) is 2. The lowest BCUT2D eigenvalue weighted by Gasteiger charge is -2.25. The predicted octanol–water partition coefficient (Wildman–Crippen LogP) is 2.36. The first-order valence-electron chi connectivity index (χ1n) is 4.52. The van der Waals surface area contributed by atoms with Gasteiger partial charge in [-0.2, -0.15) is 0 Å². The van der Waals surface area contributed by atoms with Crippen molar-refractivity contribution in [3.63, 3.8) is 0 Å². The third-order valence-electron chi connectivity index (χ3n) is 1.78. The van der Waals surface area contributed by atoms with E-state index in [1.807, 2.05) is 0 Å². The first-order chi connectivity index (χ1) is 6.76. The molecule has 0 unspecified atom stereocenters. The van der Waals surface area contributed by atoms with E-state index >= 15 is 0 Å². The summed E-state index contributed by atoms with van der Waals surface area (Å²) in [6.45, 7) is 4.48. The maximum Gasteiger partial charge on any atom is 0.269 e. The quantitative estimate of drug-likeness (QED) is 0.733. The number of halogens is 1. The zero-order valence-electron chi connectivity index (χ0n) is 8.94. The number of rotatable bonds is 2. The topological polar surface area (TPSA) is 37.4 Å². The van der Waals surface area contributed by atoms with Crippen molar-refractivity contribution < 1.29 is 12.9 Å². The molecule has 0 radical (unpaired) electrons. The molecule has 0 saturated heterocycles. The molecule has 0 N–H and O–H groups in total. The highest BCUT2D eigenvalue weighted by molar-refractivity contribution is 7.89. The molecular formula is C10H14FNO2S. The van der Waals surface area contributed by atoms with Crippen LogP contribution in [-0.4, -0.2) is 18.5 Å². The van der Waals surface area contributed by atoms with Gasteiger partial charge in [-0.1, -0.05) is 18.2 Å². The second-order valence-electron chi connectivity index (χ2n) is 4.20. The minimum absolute atomic E-state index is 0.0394. The molecule has 1 rings (SSSR count). The highest BCUT2D eigenvalue weighted by Gasteiger charge is 2.34. The Hall–Kier alpha value is -0.940. The minimum Gasteiger partial charge on any atom is -0.205 e. The zero-order chi connectivity index (χ0) is 11.7. The van der Waals surface area contributed by atoms with Crippen molar-refractivity contribution in [2.75, 3.05) is 0 Å². The maximum atomic E-state index is 13.6. The first-order valence-corrected chi connectivity index (χ1v) is 5.96. The van der Waals surface area contributed by atoms with Crippen LogP contribution in [0.25, 0.3) is 0 Å². The molecule has 1 aromatic rings. The van der Waals surface area contributed by atoms with E-state index in [4.69, 9.17) is 0 Å². The van der Waals surface area contributed by atoms with Crippen LogP contribution in [-0.2, 0) is 10.0 Å². The SMILES string of the molecule is CC(C)(C)N(F)S(=O)(=O)c1ccccc1. The Kier molecular flexibility index (Phi) is 3.16. The standard InChI is InChI=1S/C10H14FNO2S/c1-10(2,3)12(11)15(13,14)9-7-5-4-6-8-9/h4-8H,1-3H3. The normalized spacial score (nSPS) is 13.1. The second kappa shape index (κ2) is 3.90. The average molecular weight is 231 g/mol. The Morgan fingerprint density at radius 2 is 1.60 bits per heavy atom. The van der Waals surface area contributed by atoms with Gasteiger partial charge in [-0.05, 0) is 37.4 Å². The van der Waals surface area contributed by atoms with E-state index in [0.717, 1.165) is 0 Å². The van der Waals surface area contributed by atoms with Crippen LogP contribution in [0.3, 0.4) is 0 Å². The largest absolute Gasteiger partial charge is 0.269 e. The summed E-state index contributed by atoms with van der Waals surface area (Å²) in [4.78, 5) is -0.0394. The molecule has 0 aliphatic heterocycles. The molecule has 0 bridgehead atoms. The Bertz CT molecular complexity index is 422. The smallest absolute Gasteiger partial charge is 0.205 e. The number of hydrogen-bond donors (Lipinski definition) is 0. The van der Waals surface area contributed by atoms with Crippen molar-refractivity contribution in [2.24, 2.45) is 0 Å². The van der Waals surface area contributed by atoms with Crippen molar-refractivity contribution in [1.29, 1.82) is 0 Å². The van der Waals surface area contributed by atoms with Crippen molar-refractivity contribution in [1.82, 2.24) is 4.53 Å². The summed E-state index contributed by atoms with van der Waals surface area (Å²) in [7, 11) is -4.03. The van der Waals surface area contributed by atoms with Gasteiger partial charge in [-0.15, -0.1) is 4.48 Å². The van der Waals surface area contributed by atoms with Crippen molar-refractivity contribution >= 4 is 10.0 Å². The molecule has 0 amide bonds. The summed E-state index contributed by atoms with van der Waals surface area (Å²) in [6, 6.07) is 7.53. The molecule has 0 fully saturated rings. The van der Waals surface area contributed by atoms with Gasteiger partial charge in [-0.25, -0.2) is 8.42 Å². The molecule has 1 aromatic carbocycles. The van der Waals surface area contributed by atoms with Gasteiger partial charge in [-0.3, -0.25) is 0 Å². The van der Waals surface area contributed by atoms with Gasteiger partial charge >= 0.3 is 0 Å².